The Hall–Kier alpha value is -1.88. The van der Waals surface area contributed by atoms with Crippen LogP contribution < -0.4 is 10.6 Å². The molecule has 0 bridgehead atoms. The van der Waals surface area contributed by atoms with E-state index in [2.05, 4.69) is 16.7 Å². The zero-order valence-electron chi connectivity index (χ0n) is 13.5. The van der Waals surface area contributed by atoms with Crippen LogP contribution in [-0.4, -0.2) is 35.8 Å². The predicted octanol–water partition coefficient (Wildman–Crippen LogP) is 1.57. The molecule has 0 radical (unpaired) electrons. The first-order valence-electron chi connectivity index (χ1n) is 8.59. The Bertz CT molecular complexity index is 567. The van der Waals surface area contributed by atoms with Crippen molar-refractivity contribution in [3.8, 4) is 0 Å². The lowest BCUT2D eigenvalue weighted by molar-refractivity contribution is -0.128. The molecule has 0 saturated carbocycles. The molecular weight excluding hydrogens is 290 g/mol. The highest BCUT2D eigenvalue weighted by atomic mass is 16.2. The summed E-state index contributed by atoms with van der Waals surface area (Å²) >= 11 is 0. The molecule has 0 spiro atoms. The Labute approximate surface area is 137 Å². The minimum Gasteiger partial charge on any atom is -0.351 e. The fraction of sp³-hybridized carbons (Fsp3) is 0.556. The Morgan fingerprint density at radius 3 is 2.87 bits per heavy atom. The van der Waals surface area contributed by atoms with Gasteiger partial charge < -0.3 is 15.5 Å². The van der Waals surface area contributed by atoms with Gasteiger partial charge in [-0.15, -0.1) is 0 Å². The fourth-order valence-electron chi connectivity index (χ4n) is 3.32. The highest BCUT2D eigenvalue weighted by Crippen LogP contribution is 2.15. The molecule has 3 rings (SSSR count). The minimum absolute atomic E-state index is 0.0471. The minimum atomic E-state index is -0.0471. The molecule has 2 fully saturated rings. The van der Waals surface area contributed by atoms with Crippen molar-refractivity contribution in [2.45, 2.75) is 51.2 Å². The first-order valence-corrected chi connectivity index (χ1v) is 8.59. The maximum absolute atomic E-state index is 12.2. The number of rotatable bonds is 5. The van der Waals surface area contributed by atoms with Crippen LogP contribution in [0.4, 0.5) is 0 Å². The summed E-state index contributed by atoms with van der Waals surface area (Å²) in [5, 5.41) is 6.28. The maximum Gasteiger partial charge on any atom is 0.237 e. The van der Waals surface area contributed by atoms with Crippen molar-refractivity contribution in [3.63, 3.8) is 0 Å². The van der Waals surface area contributed by atoms with Gasteiger partial charge in [-0.25, -0.2) is 0 Å². The number of benzene rings is 1. The van der Waals surface area contributed by atoms with Gasteiger partial charge >= 0.3 is 0 Å². The summed E-state index contributed by atoms with van der Waals surface area (Å²) in [4.78, 5) is 25.8. The quantitative estimate of drug-likeness (QED) is 0.867. The van der Waals surface area contributed by atoms with Crippen molar-refractivity contribution >= 4 is 11.8 Å². The van der Waals surface area contributed by atoms with E-state index >= 15 is 0 Å². The lowest BCUT2D eigenvalue weighted by Crippen LogP contribution is -2.46. The molecule has 5 heteroatoms. The second-order valence-corrected chi connectivity index (χ2v) is 6.46. The molecule has 2 heterocycles. The van der Waals surface area contributed by atoms with Crippen LogP contribution in [0.5, 0.6) is 0 Å². The normalized spacial score (nSPS) is 21.5. The highest BCUT2D eigenvalue weighted by molar-refractivity contribution is 5.81. The van der Waals surface area contributed by atoms with Crippen LogP contribution in [0.2, 0.25) is 0 Å². The number of nitrogens with one attached hydrogen (secondary N) is 2. The number of nitrogens with zero attached hydrogens (tertiary/aromatic N) is 1. The maximum atomic E-state index is 12.2. The highest BCUT2D eigenvalue weighted by Gasteiger charge is 2.21. The van der Waals surface area contributed by atoms with Gasteiger partial charge in [-0.05, 0) is 36.9 Å². The van der Waals surface area contributed by atoms with E-state index in [-0.39, 0.29) is 17.9 Å². The topological polar surface area (TPSA) is 61.4 Å². The first kappa shape index (κ1) is 16.0. The summed E-state index contributed by atoms with van der Waals surface area (Å²) in [6, 6.07) is 8.09. The van der Waals surface area contributed by atoms with Gasteiger partial charge in [0.15, 0.2) is 0 Å². The second-order valence-electron chi connectivity index (χ2n) is 6.46. The molecule has 23 heavy (non-hydrogen) atoms. The van der Waals surface area contributed by atoms with Gasteiger partial charge in [-0.2, -0.15) is 0 Å². The molecule has 1 unspecified atom stereocenters. The summed E-state index contributed by atoms with van der Waals surface area (Å²) in [6.45, 7) is 2.99. The molecule has 5 nitrogen and oxygen atoms in total. The molecule has 1 aromatic carbocycles. The molecule has 0 aliphatic carbocycles. The fourth-order valence-corrected chi connectivity index (χ4v) is 3.32. The summed E-state index contributed by atoms with van der Waals surface area (Å²) in [5.74, 6) is 0.330. The predicted molar refractivity (Wildman–Crippen MR) is 88.6 cm³/mol. The lowest BCUT2D eigenvalue weighted by atomic mass is 10.0. The summed E-state index contributed by atoms with van der Waals surface area (Å²) < 4.78 is 0. The van der Waals surface area contributed by atoms with E-state index in [1.54, 1.807) is 0 Å². The van der Waals surface area contributed by atoms with Gasteiger partial charge in [0.2, 0.25) is 11.8 Å². The molecule has 1 atom stereocenters. The van der Waals surface area contributed by atoms with E-state index in [1.807, 2.05) is 23.1 Å². The molecule has 0 aromatic heterocycles. The third-order valence-electron chi connectivity index (χ3n) is 4.63. The van der Waals surface area contributed by atoms with Crippen molar-refractivity contribution in [1.29, 1.82) is 0 Å². The average Bonchev–Trinajstić information content (AvgIpc) is 2.99. The second kappa shape index (κ2) is 7.59. The number of carbonyl (C=O) groups is 2. The number of amides is 2. The van der Waals surface area contributed by atoms with E-state index in [0.717, 1.165) is 49.9 Å². The molecule has 2 saturated heterocycles. The van der Waals surface area contributed by atoms with Gasteiger partial charge in [0, 0.05) is 26.1 Å². The van der Waals surface area contributed by atoms with Gasteiger partial charge in [-0.3, -0.25) is 9.59 Å². The van der Waals surface area contributed by atoms with Crippen molar-refractivity contribution in [3.05, 3.63) is 35.4 Å². The van der Waals surface area contributed by atoms with Crippen molar-refractivity contribution in [1.82, 2.24) is 15.5 Å². The third kappa shape index (κ3) is 4.32. The SMILES string of the molecule is O=C(NCc1cccc(CN2CCCC2=O)c1)C1CCCCN1. The van der Waals surface area contributed by atoms with Crippen LogP contribution in [-0.2, 0) is 22.7 Å². The van der Waals surface area contributed by atoms with E-state index < -0.39 is 0 Å². The number of likely N-dealkylation sites (tertiary alicyclic amines) is 1. The summed E-state index contributed by atoms with van der Waals surface area (Å²) in [7, 11) is 0. The van der Waals surface area contributed by atoms with Gasteiger partial charge in [0.25, 0.3) is 0 Å². The molecule has 2 aliphatic rings. The Balaban J connectivity index is 1.52. The number of piperidine rings is 1. The Morgan fingerprint density at radius 1 is 1.26 bits per heavy atom. The lowest BCUT2D eigenvalue weighted by Gasteiger charge is -2.22. The molecule has 2 N–H and O–H groups in total. The standard InChI is InChI=1S/C18H25N3O2/c22-17-8-4-10-21(17)13-15-6-3-5-14(11-15)12-20-18(23)16-7-1-2-9-19-16/h3,5-6,11,16,19H,1-2,4,7-10,12-13H2,(H,20,23). The number of carbonyl (C=O) groups excluding carboxylic acids is 2. The number of hydrogen-bond donors (Lipinski definition) is 2. The van der Waals surface area contributed by atoms with Gasteiger partial charge in [-0.1, -0.05) is 30.7 Å². The van der Waals surface area contributed by atoms with Crippen LogP contribution in [0.3, 0.4) is 0 Å². The van der Waals surface area contributed by atoms with Gasteiger partial charge in [0.1, 0.15) is 0 Å². The molecule has 124 valence electrons. The van der Waals surface area contributed by atoms with E-state index in [9.17, 15) is 9.59 Å². The van der Waals surface area contributed by atoms with Crippen LogP contribution in [0.15, 0.2) is 24.3 Å². The summed E-state index contributed by atoms with van der Waals surface area (Å²) in [6.07, 6.45) is 4.82. The first-order chi connectivity index (χ1) is 11.2. The van der Waals surface area contributed by atoms with E-state index in [4.69, 9.17) is 0 Å². The Morgan fingerprint density at radius 2 is 2.13 bits per heavy atom. The molecule has 2 amide bonds. The van der Waals surface area contributed by atoms with Crippen molar-refractivity contribution in [2.24, 2.45) is 0 Å². The monoisotopic (exact) mass is 315 g/mol. The Kier molecular flexibility index (Phi) is 5.28. The number of hydrogen-bond acceptors (Lipinski definition) is 3. The smallest absolute Gasteiger partial charge is 0.237 e. The zero-order valence-corrected chi connectivity index (χ0v) is 13.5. The third-order valence-corrected chi connectivity index (χ3v) is 4.63. The van der Waals surface area contributed by atoms with Crippen molar-refractivity contribution < 1.29 is 9.59 Å². The van der Waals surface area contributed by atoms with Gasteiger partial charge in [0.05, 0.1) is 6.04 Å². The van der Waals surface area contributed by atoms with Crippen LogP contribution in [0.25, 0.3) is 0 Å². The molecule has 2 aliphatic heterocycles. The summed E-state index contributed by atoms with van der Waals surface area (Å²) in [5.41, 5.74) is 2.21. The average molecular weight is 315 g/mol. The van der Waals surface area contributed by atoms with Crippen LogP contribution >= 0.6 is 0 Å². The van der Waals surface area contributed by atoms with Crippen molar-refractivity contribution in [2.75, 3.05) is 13.1 Å². The molecular formula is C18H25N3O2. The van der Waals surface area contributed by atoms with Crippen LogP contribution in [0.1, 0.15) is 43.2 Å². The van der Waals surface area contributed by atoms with Crippen LogP contribution in [0, 0.1) is 0 Å². The largest absolute Gasteiger partial charge is 0.351 e. The van der Waals surface area contributed by atoms with E-state index in [1.165, 1.54) is 0 Å². The van der Waals surface area contributed by atoms with E-state index in [0.29, 0.717) is 19.5 Å². The zero-order chi connectivity index (χ0) is 16.1. The molecule has 1 aromatic rings.